The number of thioether (sulfide) groups is 2. The molecule has 0 aliphatic rings. The number of alkyl halides is 2. The molecule has 4 nitrogen and oxygen atoms in total. The molecule has 0 saturated carbocycles. The van der Waals surface area contributed by atoms with Crippen LogP contribution in [0.4, 0.5) is 8.78 Å². The van der Waals surface area contributed by atoms with Crippen LogP contribution >= 0.6 is 23.5 Å². The third-order valence-electron chi connectivity index (χ3n) is 2.64. The van der Waals surface area contributed by atoms with Gasteiger partial charge in [-0.2, -0.15) is 20.5 Å². The summed E-state index contributed by atoms with van der Waals surface area (Å²) < 4.78 is 29.3. The second kappa shape index (κ2) is 8.53. The van der Waals surface area contributed by atoms with Gasteiger partial charge >= 0.3 is 0 Å². The molecule has 1 rings (SSSR count). The second-order valence-corrected chi connectivity index (χ2v) is 6.11. The molecule has 8 heteroatoms. The number of rotatable bonds is 8. The van der Waals surface area contributed by atoms with E-state index < -0.39 is 11.7 Å². The van der Waals surface area contributed by atoms with Crippen molar-refractivity contribution >= 4 is 29.4 Å². The zero-order valence-electron chi connectivity index (χ0n) is 11.1. The zero-order valence-corrected chi connectivity index (χ0v) is 12.8. The molecular formula is C12H17F2NO3S2. The Morgan fingerprint density at radius 3 is 2.75 bits per heavy atom. The van der Waals surface area contributed by atoms with Crippen LogP contribution in [-0.2, 0) is 5.75 Å². The highest BCUT2D eigenvalue weighted by molar-refractivity contribution is 7.99. The normalized spacial score (nSPS) is 14.3. The van der Waals surface area contributed by atoms with Crippen molar-refractivity contribution in [2.24, 2.45) is 0 Å². The van der Waals surface area contributed by atoms with E-state index in [0.717, 1.165) is 0 Å². The Morgan fingerprint density at radius 1 is 1.50 bits per heavy atom. The Bertz CT molecular complexity index is 425. The summed E-state index contributed by atoms with van der Waals surface area (Å²) in [4.78, 5) is 11.9. The van der Waals surface area contributed by atoms with Gasteiger partial charge in [-0.25, -0.2) is 0 Å². The molecule has 2 atom stereocenters. The SMILES string of the molecule is CSC(CO)C(C)NC(=O)c1ccc(CSC(F)F)o1. The molecule has 0 aliphatic carbocycles. The van der Waals surface area contributed by atoms with Crippen molar-refractivity contribution in [2.45, 2.75) is 29.7 Å². The van der Waals surface area contributed by atoms with Crippen molar-refractivity contribution in [2.75, 3.05) is 12.9 Å². The summed E-state index contributed by atoms with van der Waals surface area (Å²) in [5.74, 6) is -2.45. The van der Waals surface area contributed by atoms with E-state index in [9.17, 15) is 13.6 Å². The molecule has 20 heavy (non-hydrogen) atoms. The summed E-state index contributed by atoms with van der Waals surface area (Å²) in [5.41, 5.74) is 0. The lowest BCUT2D eigenvalue weighted by Gasteiger charge is -2.20. The van der Waals surface area contributed by atoms with Crippen LogP contribution in [0.15, 0.2) is 16.5 Å². The molecule has 1 aromatic rings. The molecule has 2 unspecified atom stereocenters. The molecule has 0 radical (unpaired) electrons. The molecule has 0 bridgehead atoms. The van der Waals surface area contributed by atoms with Gasteiger partial charge in [-0.1, -0.05) is 11.8 Å². The molecular weight excluding hydrogens is 308 g/mol. The third kappa shape index (κ3) is 5.34. The molecule has 0 spiro atoms. The van der Waals surface area contributed by atoms with E-state index in [-0.39, 0.29) is 29.4 Å². The average molecular weight is 325 g/mol. The molecule has 2 N–H and O–H groups in total. The van der Waals surface area contributed by atoms with E-state index in [2.05, 4.69) is 5.32 Å². The van der Waals surface area contributed by atoms with Crippen molar-refractivity contribution in [3.8, 4) is 0 Å². The van der Waals surface area contributed by atoms with E-state index in [0.29, 0.717) is 17.5 Å². The minimum absolute atomic E-state index is 0.0184. The first-order valence-corrected chi connectivity index (χ1v) is 8.24. The maximum atomic E-state index is 12.0. The topological polar surface area (TPSA) is 62.5 Å². The van der Waals surface area contributed by atoms with Gasteiger partial charge in [0.2, 0.25) is 0 Å². The third-order valence-corrected chi connectivity index (χ3v) is 4.50. The van der Waals surface area contributed by atoms with Crippen molar-refractivity contribution in [3.05, 3.63) is 23.7 Å². The fourth-order valence-corrected chi connectivity index (χ4v) is 2.60. The first kappa shape index (κ1) is 17.3. The molecule has 0 aliphatic heterocycles. The maximum Gasteiger partial charge on any atom is 0.287 e. The molecule has 0 saturated heterocycles. The van der Waals surface area contributed by atoms with Crippen LogP contribution in [0.2, 0.25) is 0 Å². The van der Waals surface area contributed by atoms with Crippen LogP contribution in [0, 0.1) is 0 Å². The van der Waals surface area contributed by atoms with Gasteiger partial charge in [0.1, 0.15) is 5.76 Å². The zero-order chi connectivity index (χ0) is 15.1. The largest absolute Gasteiger partial charge is 0.455 e. The van der Waals surface area contributed by atoms with Crippen LogP contribution in [0.3, 0.4) is 0 Å². The Labute approximate surface area is 124 Å². The predicted octanol–water partition coefficient (Wildman–Crippen LogP) is 2.58. The van der Waals surface area contributed by atoms with Gasteiger partial charge in [0, 0.05) is 11.3 Å². The number of hydrogen-bond acceptors (Lipinski definition) is 5. The summed E-state index contributed by atoms with van der Waals surface area (Å²) in [7, 11) is 0. The van der Waals surface area contributed by atoms with Gasteiger partial charge in [0.15, 0.2) is 5.76 Å². The van der Waals surface area contributed by atoms with Crippen molar-refractivity contribution in [3.63, 3.8) is 0 Å². The van der Waals surface area contributed by atoms with Gasteiger partial charge in [-0.15, -0.1) is 0 Å². The number of halogens is 2. The molecule has 0 aromatic carbocycles. The number of carbonyl (C=O) groups is 1. The highest BCUT2D eigenvalue weighted by atomic mass is 32.2. The van der Waals surface area contributed by atoms with Crippen molar-refractivity contribution in [1.29, 1.82) is 0 Å². The van der Waals surface area contributed by atoms with E-state index in [1.54, 1.807) is 6.92 Å². The summed E-state index contributed by atoms with van der Waals surface area (Å²) >= 11 is 1.89. The molecule has 1 amide bonds. The lowest BCUT2D eigenvalue weighted by atomic mass is 10.2. The number of amides is 1. The van der Waals surface area contributed by atoms with Crippen molar-refractivity contribution in [1.82, 2.24) is 5.32 Å². The maximum absolute atomic E-state index is 12.0. The summed E-state index contributed by atoms with van der Waals surface area (Å²) in [5, 5.41) is 11.7. The molecule has 114 valence electrons. The average Bonchev–Trinajstić information content (AvgIpc) is 2.86. The lowest BCUT2D eigenvalue weighted by molar-refractivity contribution is 0.0906. The second-order valence-electron chi connectivity index (χ2n) is 4.06. The Morgan fingerprint density at radius 2 is 2.20 bits per heavy atom. The Balaban J connectivity index is 2.55. The van der Waals surface area contributed by atoms with E-state index in [4.69, 9.17) is 9.52 Å². The van der Waals surface area contributed by atoms with Crippen LogP contribution in [0.25, 0.3) is 0 Å². The van der Waals surface area contributed by atoms with Crippen LogP contribution in [0.1, 0.15) is 23.2 Å². The van der Waals surface area contributed by atoms with Crippen LogP contribution in [0.5, 0.6) is 0 Å². The monoisotopic (exact) mass is 325 g/mol. The molecule has 0 fully saturated rings. The fraction of sp³-hybridized carbons (Fsp3) is 0.583. The Kier molecular flexibility index (Phi) is 7.39. The van der Waals surface area contributed by atoms with Gasteiger partial charge in [-0.05, 0) is 25.3 Å². The van der Waals surface area contributed by atoms with Gasteiger partial charge in [-0.3, -0.25) is 4.79 Å². The number of nitrogens with one attached hydrogen (secondary N) is 1. The first-order chi connectivity index (χ1) is 9.47. The van der Waals surface area contributed by atoms with Gasteiger partial charge < -0.3 is 14.8 Å². The first-order valence-electron chi connectivity index (χ1n) is 5.91. The smallest absolute Gasteiger partial charge is 0.287 e. The number of carbonyl (C=O) groups excluding carboxylic acids is 1. The Hall–Kier alpha value is -0.730. The summed E-state index contributed by atoms with van der Waals surface area (Å²) in [6.07, 6.45) is 1.84. The molecule has 1 heterocycles. The minimum Gasteiger partial charge on any atom is -0.455 e. The predicted molar refractivity (Wildman–Crippen MR) is 77.3 cm³/mol. The van der Waals surface area contributed by atoms with E-state index >= 15 is 0 Å². The van der Waals surface area contributed by atoms with E-state index in [1.165, 1.54) is 23.9 Å². The van der Waals surface area contributed by atoms with E-state index in [1.807, 2.05) is 6.26 Å². The van der Waals surface area contributed by atoms with Gasteiger partial charge in [0.25, 0.3) is 11.7 Å². The van der Waals surface area contributed by atoms with Crippen LogP contribution in [-0.4, -0.2) is 40.9 Å². The number of hydrogen-bond donors (Lipinski definition) is 2. The van der Waals surface area contributed by atoms with Crippen molar-refractivity contribution < 1.29 is 23.1 Å². The lowest BCUT2D eigenvalue weighted by Crippen LogP contribution is -2.41. The highest BCUT2D eigenvalue weighted by Gasteiger charge is 2.20. The van der Waals surface area contributed by atoms with Crippen LogP contribution < -0.4 is 5.32 Å². The quantitative estimate of drug-likeness (QED) is 0.769. The standard InChI is InChI=1S/C12H17F2NO3S2/c1-7(10(5-16)19-2)15-11(17)9-4-3-8(18-9)6-20-12(13)14/h3-4,7,10,12,16H,5-6H2,1-2H3,(H,15,17). The summed E-state index contributed by atoms with van der Waals surface area (Å²) in [6, 6.07) is 2.73. The minimum atomic E-state index is -2.47. The summed E-state index contributed by atoms with van der Waals surface area (Å²) in [6.45, 7) is 1.74. The van der Waals surface area contributed by atoms with Gasteiger partial charge in [0.05, 0.1) is 12.4 Å². The number of aliphatic hydroxyl groups is 1. The highest BCUT2D eigenvalue weighted by Crippen LogP contribution is 2.21. The number of aliphatic hydroxyl groups excluding tert-OH is 1. The number of furan rings is 1. The molecule has 1 aromatic heterocycles. The fourth-order valence-electron chi connectivity index (χ4n) is 1.53.